The highest BCUT2D eigenvalue weighted by molar-refractivity contribution is 6.32. The Balaban J connectivity index is 3.02. The Bertz CT molecular complexity index is 423. The molecule has 5 nitrogen and oxygen atoms in total. The van der Waals surface area contributed by atoms with Gasteiger partial charge in [0.1, 0.15) is 17.3 Å². The molecular formula is C13H21ClN4O. The number of aldehydes is 1. The summed E-state index contributed by atoms with van der Waals surface area (Å²) in [6.45, 7) is 6.76. The van der Waals surface area contributed by atoms with Crippen LogP contribution >= 0.6 is 11.6 Å². The van der Waals surface area contributed by atoms with Gasteiger partial charge in [-0.1, -0.05) is 25.4 Å². The maximum absolute atomic E-state index is 11.2. The zero-order valence-corrected chi connectivity index (χ0v) is 12.7. The van der Waals surface area contributed by atoms with Crippen molar-refractivity contribution >= 4 is 23.7 Å². The number of carbonyl (C=O) groups excluding carboxylic acids is 1. The van der Waals surface area contributed by atoms with Crippen LogP contribution in [0.3, 0.4) is 0 Å². The number of nitrogens with zero attached hydrogens (tertiary/aromatic N) is 4. The molecule has 0 bridgehead atoms. The third-order valence-corrected chi connectivity index (χ3v) is 2.94. The van der Waals surface area contributed by atoms with Crippen LogP contribution in [0.15, 0.2) is 6.33 Å². The molecule has 19 heavy (non-hydrogen) atoms. The van der Waals surface area contributed by atoms with Gasteiger partial charge in [0.15, 0.2) is 6.29 Å². The van der Waals surface area contributed by atoms with Crippen molar-refractivity contribution in [3.63, 3.8) is 0 Å². The van der Waals surface area contributed by atoms with E-state index in [1.54, 1.807) is 0 Å². The monoisotopic (exact) mass is 284 g/mol. The van der Waals surface area contributed by atoms with Gasteiger partial charge in [-0.05, 0) is 20.0 Å². The number of rotatable bonds is 7. The quantitative estimate of drug-likeness (QED) is 0.566. The van der Waals surface area contributed by atoms with E-state index in [2.05, 4.69) is 33.6 Å². The highest BCUT2D eigenvalue weighted by Gasteiger charge is 2.17. The Morgan fingerprint density at radius 1 is 1.32 bits per heavy atom. The Morgan fingerprint density at radius 3 is 2.53 bits per heavy atom. The fourth-order valence-corrected chi connectivity index (χ4v) is 1.94. The van der Waals surface area contributed by atoms with E-state index in [1.807, 2.05) is 14.1 Å². The van der Waals surface area contributed by atoms with E-state index in [0.717, 1.165) is 25.9 Å². The van der Waals surface area contributed by atoms with E-state index in [-0.39, 0.29) is 5.15 Å². The lowest BCUT2D eigenvalue weighted by Gasteiger charge is -2.27. The molecule has 0 saturated carbocycles. The molecule has 106 valence electrons. The first kappa shape index (κ1) is 15.9. The van der Waals surface area contributed by atoms with Crippen LogP contribution in [0.4, 0.5) is 5.82 Å². The summed E-state index contributed by atoms with van der Waals surface area (Å²) in [6.07, 6.45) is 2.12. The van der Waals surface area contributed by atoms with Crippen molar-refractivity contribution in [3.8, 4) is 0 Å². The molecule has 0 atom stereocenters. The summed E-state index contributed by atoms with van der Waals surface area (Å²) in [6, 6.07) is 0. The molecule has 0 radical (unpaired) electrons. The summed E-state index contributed by atoms with van der Waals surface area (Å²) < 4.78 is 0. The average Bonchev–Trinajstić information content (AvgIpc) is 2.33. The number of carbonyl (C=O) groups is 1. The number of halogens is 1. The van der Waals surface area contributed by atoms with E-state index in [0.29, 0.717) is 17.3 Å². The van der Waals surface area contributed by atoms with E-state index in [4.69, 9.17) is 11.6 Å². The fraction of sp³-hybridized carbons (Fsp3) is 0.615. The number of likely N-dealkylation sites (N-methyl/N-ethyl adjacent to an activating group) is 1. The van der Waals surface area contributed by atoms with E-state index in [9.17, 15) is 4.79 Å². The van der Waals surface area contributed by atoms with Crippen LogP contribution in [-0.4, -0.2) is 54.9 Å². The second-order valence-electron chi connectivity index (χ2n) is 5.16. The summed E-state index contributed by atoms with van der Waals surface area (Å²) in [7, 11) is 4.03. The van der Waals surface area contributed by atoms with Crippen LogP contribution < -0.4 is 4.90 Å². The first-order chi connectivity index (χ1) is 8.95. The van der Waals surface area contributed by atoms with Crippen LogP contribution in [-0.2, 0) is 0 Å². The smallest absolute Gasteiger partial charge is 0.156 e. The minimum absolute atomic E-state index is 0.207. The second-order valence-corrected chi connectivity index (χ2v) is 5.52. The van der Waals surface area contributed by atoms with Gasteiger partial charge >= 0.3 is 0 Å². The van der Waals surface area contributed by atoms with Crippen LogP contribution in [0, 0.1) is 5.92 Å². The molecule has 0 aromatic carbocycles. The predicted molar refractivity (Wildman–Crippen MR) is 78.0 cm³/mol. The minimum atomic E-state index is 0.207. The van der Waals surface area contributed by atoms with Gasteiger partial charge < -0.3 is 9.80 Å². The third-order valence-electron chi connectivity index (χ3n) is 2.63. The first-order valence-corrected chi connectivity index (χ1v) is 6.68. The lowest BCUT2D eigenvalue weighted by atomic mass is 10.2. The fourth-order valence-electron chi connectivity index (χ4n) is 1.76. The summed E-state index contributed by atoms with van der Waals surface area (Å²) in [5, 5.41) is 0.207. The molecule has 0 aliphatic carbocycles. The highest BCUT2D eigenvalue weighted by atomic mass is 35.5. The molecule has 0 aliphatic heterocycles. The summed E-state index contributed by atoms with van der Waals surface area (Å²) >= 11 is 5.95. The van der Waals surface area contributed by atoms with Crippen molar-refractivity contribution < 1.29 is 4.79 Å². The van der Waals surface area contributed by atoms with Crippen LogP contribution in [0.1, 0.15) is 24.2 Å². The largest absolute Gasteiger partial charge is 0.354 e. The molecule has 0 N–H and O–H groups in total. The zero-order chi connectivity index (χ0) is 14.4. The lowest BCUT2D eigenvalue weighted by molar-refractivity contribution is 0.112. The Kier molecular flexibility index (Phi) is 6.18. The van der Waals surface area contributed by atoms with Crippen molar-refractivity contribution in [2.75, 3.05) is 38.6 Å². The van der Waals surface area contributed by atoms with Crippen LogP contribution in [0.5, 0.6) is 0 Å². The topological polar surface area (TPSA) is 49.3 Å². The SMILES string of the molecule is CC(C)CN(CCN(C)C)c1ncnc(Cl)c1C=O. The minimum Gasteiger partial charge on any atom is -0.354 e. The standard InChI is InChI=1S/C13H21ClN4O/c1-10(2)7-18(6-5-17(3)4)13-11(8-19)12(14)15-9-16-13/h8-10H,5-7H2,1-4H3. The summed E-state index contributed by atoms with van der Waals surface area (Å²) in [4.78, 5) is 23.4. The molecule has 0 aliphatic rings. The van der Waals surface area contributed by atoms with Crippen molar-refractivity contribution in [2.24, 2.45) is 5.92 Å². The molecule has 6 heteroatoms. The third kappa shape index (κ3) is 4.76. The van der Waals surface area contributed by atoms with Crippen molar-refractivity contribution in [3.05, 3.63) is 17.0 Å². The highest BCUT2D eigenvalue weighted by Crippen LogP contribution is 2.22. The van der Waals surface area contributed by atoms with Crippen molar-refractivity contribution in [1.82, 2.24) is 14.9 Å². The average molecular weight is 285 g/mol. The molecule has 0 amide bonds. The first-order valence-electron chi connectivity index (χ1n) is 6.31. The number of aromatic nitrogens is 2. The van der Waals surface area contributed by atoms with Gasteiger partial charge in [-0.15, -0.1) is 0 Å². The Morgan fingerprint density at radius 2 is 2.00 bits per heavy atom. The molecule has 0 unspecified atom stereocenters. The Hall–Kier alpha value is -1.20. The van der Waals surface area contributed by atoms with Gasteiger partial charge in [0.25, 0.3) is 0 Å². The number of hydrogen-bond acceptors (Lipinski definition) is 5. The Labute approximate surface area is 119 Å². The second kappa shape index (κ2) is 7.40. The van der Waals surface area contributed by atoms with E-state index >= 15 is 0 Å². The number of anilines is 1. The number of hydrogen-bond donors (Lipinski definition) is 0. The van der Waals surface area contributed by atoms with E-state index < -0.39 is 0 Å². The lowest BCUT2D eigenvalue weighted by Crippen LogP contribution is -2.35. The molecule has 1 aromatic heterocycles. The summed E-state index contributed by atoms with van der Waals surface area (Å²) in [5.74, 6) is 1.08. The van der Waals surface area contributed by atoms with Gasteiger partial charge in [-0.25, -0.2) is 9.97 Å². The molecule has 1 aromatic rings. The summed E-state index contributed by atoms with van der Waals surface area (Å²) in [5.41, 5.74) is 0.364. The van der Waals surface area contributed by atoms with Gasteiger partial charge in [-0.3, -0.25) is 4.79 Å². The van der Waals surface area contributed by atoms with E-state index in [1.165, 1.54) is 6.33 Å². The molecule has 1 rings (SSSR count). The van der Waals surface area contributed by atoms with Gasteiger partial charge in [0.2, 0.25) is 0 Å². The molecular weight excluding hydrogens is 264 g/mol. The maximum atomic E-state index is 11.2. The predicted octanol–water partition coefficient (Wildman–Crippen LogP) is 1.97. The van der Waals surface area contributed by atoms with Crippen molar-refractivity contribution in [2.45, 2.75) is 13.8 Å². The maximum Gasteiger partial charge on any atom is 0.156 e. The molecule has 1 heterocycles. The van der Waals surface area contributed by atoms with Crippen LogP contribution in [0.25, 0.3) is 0 Å². The van der Waals surface area contributed by atoms with Crippen molar-refractivity contribution in [1.29, 1.82) is 0 Å². The van der Waals surface area contributed by atoms with Gasteiger partial charge in [0, 0.05) is 19.6 Å². The molecule has 0 spiro atoms. The van der Waals surface area contributed by atoms with Crippen LogP contribution in [0.2, 0.25) is 5.15 Å². The molecule has 0 saturated heterocycles. The zero-order valence-electron chi connectivity index (χ0n) is 11.9. The van der Waals surface area contributed by atoms with Gasteiger partial charge in [0.05, 0.1) is 5.56 Å². The molecule has 0 fully saturated rings. The van der Waals surface area contributed by atoms with Gasteiger partial charge in [-0.2, -0.15) is 0 Å². The normalized spacial score (nSPS) is 11.1.